The number of carbonyl (C=O) groups is 2. The Kier molecular flexibility index (Phi) is 5.20. The fourth-order valence-electron chi connectivity index (χ4n) is 2.32. The lowest BCUT2D eigenvalue weighted by Gasteiger charge is -2.23. The highest BCUT2D eigenvalue weighted by atomic mass is 35.5. The summed E-state index contributed by atoms with van der Waals surface area (Å²) in [5, 5.41) is 12.5. The molecule has 2 N–H and O–H groups in total. The normalized spacial score (nSPS) is 21.2. The van der Waals surface area contributed by atoms with Gasteiger partial charge in [0.15, 0.2) is 5.54 Å². The molecular formula is C15H18ClNO4. The molecule has 1 saturated heterocycles. The van der Waals surface area contributed by atoms with Gasteiger partial charge in [-0.2, -0.15) is 0 Å². The highest BCUT2D eigenvalue weighted by Gasteiger charge is 2.43. The van der Waals surface area contributed by atoms with Gasteiger partial charge in [-0.25, -0.2) is 4.79 Å². The summed E-state index contributed by atoms with van der Waals surface area (Å²) in [5.74, 6) is -1.29. The molecule has 5 nitrogen and oxygen atoms in total. The van der Waals surface area contributed by atoms with Gasteiger partial charge in [0.1, 0.15) is 0 Å². The van der Waals surface area contributed by atoms with Gasteiger partial charge in [0.2, 0.25) is 5.91 Å². The molecule has 1 aromatic carbocycles. The van der Waals surface area contributed by atoms with Crippen molar-refractivity contribution < 1.29 is 19.4 Å². The zero-order valence-electron chi connectivity index (χ0n) is 11.6. The van der Waals surface area contributed by atoms with Crippen LogP contribution in [0, 0.1) is 0 Å². The van der Waals surface area contributed by atoms with Crippen molar-refractivity contribution in [3.63, 3.8) is 0 Å². The summed E-state index contributed by atoms with van der Waals surface area (Å²) in [7, 11) is 0. The van der Waals surface area contributed by atoms with Crippen LogP contribution >= 0.6 is 11.6 Å². The lowest BCUT2D eigenvalue weighted by molar-refractivity contribution is -0.147. The molecule has 1 amide bonds. The van der Waals surface area contributed by atoms with Gasteiger partial charge in [0, 0.05) is 24.5 Å². The van der Waals surface area contributed by atoms with E-state index in [9.17, 15) is 14.7 Å². The molecule has 0 aromatic heterocycles. The molecule has 1 aliphatic heterocycles. The molecule has 0 bridgehead atoms. The second-order valence-electron chi connectivity index (χ2n) is 5.22. The number of hydrogen-bond donors (Lipinski definition) is 2. The Labute approximate surface area is 128 Å². The Morgan fingerprint density at radius 1 is 1.33 bits per heavy atom. The van der Waals surface area contributed by atoms with Gasteiger partial charge in [-0.05, 0) is 30.5 Å². The number of amides is 1. The fraction of sp³-hybridized carbons (Fsp3) is 0.467. The van der Waals surface area contributed by atoms with E-state index < -0.39 is 11.5 Å². The number of carbonyl (C=O) groups excluding carboxylic acids is 1. The van der Waals surface area contributed by atoms with Crippen molar-refractivity contribution in [2.45, 2.75) is 31.2 Å². The van der Waals surface area contributed by atoms with Crippen molar-refractivity contribution in [2.75, 3.05) is 13.2 Å². The van der Waals surface area contributed by atoms with Crippen molar-refractivity contribution in [3.8, 4) is 0 Å². The van der Waals surface area contributed by atoms with E-state index in [1.54, 1.807) is 0 Å². The average Bonchev–Trinajstić information content (AvgIpc) is 2.91. The molecule has 114 valence electrons. The van der Waals surface area contributed by atoms with E-state index in [1.165, 1.54) is 0 Å². The van der Waals surface area contributed by atoms with Crippen LogP contribution in [0.25, 0.3) is 0 Å². The number of halogens is 1. The minimum Gasteiger partial charge on any atom is -0.479 e. The molecule has 0 aliphatic carbocycles. The minimum atomic E-state index is -1.25. The van der Waals surface area contributed by atoms with Gasteiger partial charge >= 0.3 is 5.97 Å². The number of ether oxygens (including phenoxy) is 1. The standard InChI is InChI=1S/C15H18ClNO4/c16-12-6-4-11(5-7-12)2-1-3-13(18)17-15(14(19)20)8-9-21-10-15/h4-7H,1-3,8-10H2,(H,17,18)(H,19,20). The Morgan fingerprint density at radius 3 is 2.62 bits per heavy atom. The third-order valence-electron chi connectivity index (χ3n) is 3.59. The summed E-state index contributed by atoms with van der Waals surface area (Å²) in [6, 6.07) is 7.46. The van der Waals surface area contributed by atoms with Crippen LogP contribution in [-0.4, -0.2) is 35.7 Å². The van der Waals surface area contributed by atoms with Crippen molar-refractivity contribution in [2.24, 2.45) is 0 Å². The Hall–Kier alpha value is -1.59. The molecule has 1 aromatic rings. The monoisotopic (exact) mass is 311 g/mol. The molecule has 6 heteroatoms. The highest BCUT2D eigenvalue weighted by Crippen LogP contribution is 2.19. The van der Waals surface area contributed by atoms with Crippen LogP contribution in [0.5, 0.6) is 0 Å². The lowest BCUT2D eigenvalue weighted by atomic mass is 9.98. The van der Waals surface area contributed by atoms with E-state index in [0.29, 0.717) is 24.5 Å². The number of aryl methyl sites for hydroxylation is 1. The number of rotatable bonds is 6. The Bertz CT molecular complexity index is 509. The number of hydrogen-bond acceptors (Lipinski definition) is 3. The van der Waals surface area contributed by atoms with Crippen LogP contribution < -0.4 is 5.32 Å². The molecule has 0 spiro atoms. The van der Waals surface area contributed by atoms with Crippen LogP contribution in [-0.2, 0) is 20.7 Å². The van der Waals surface area contributed by atoms with E-state index >= 15 is 0 Å². The average molecular weight is 312 g/mol. The zero-order chi connectivity index (χ0) is 15.3. The number of aliphatic carboxylic acids is 1. The SMILES string of the molecule is O=C(CCCc1ccc(Cl)cc1)NC1(C(=O)O)CCOC1. The van der Waals surface area contributed by atoms with Crippen LogP contribution in [0.15, 0.2) is 24.3 Å². The first-order chi connectivity index (χ1) is 10.0. The van der Waals surface area contributed by atoms with E-state index in [0.717, 1.165) is 12.0 Å². The predicted molar refractivity (Wildman–Crippen MR) is 78.3 cm³/mol. The molecule has 0 radical (unpaired) electrons. The van der Waals surface area contributed by atoms with Gasteiger partial charge in [-0.15, -0.1) is 0 Å². The van der Waals surface area contributed by atoms with E-state index in [2.05, 4.69) is 5.32 Å². The molecule has 1 aliphatic rings. The largest absolute Gasteiger partial charge is 0.479 e. The van der Waals surface area contributed by atoms with Crippen LogP contribution in [0.1, 0.15) is 24.8 Å². The smallest absolute Gasteiger partial charge is 0.331 e. The quantitative estimate of drug-likeness (QED) is 0.843. The van der Waals surface area contributed by atoms with Crippen molar-refractivity contribution in [3.05, 3.63) is 34.9 Å². The third kappa shape index (κ3) is 4.19. The van der Waals surface area contributed by atoms with Gasteiger partial charge in [-0.1, -0.05) is 23.7 Å². The third-order valence-corrected chi connectivity index (χ3v) is 3.84. The molecule has 0 saturated carbocycles. The zero-order valence-corrected chi connectivity index (χ0v) is 12.4. The second-order valence-corrected chi connectivity index (χ2v) is 5.65. The maximum atomic E-state index is 11.9. The molecular weight excluding hydrogens is 294 g/mol. The molecule has 1 fully saturated rings. The molecule has 2 rings (SSSR count). The first kappa shape index (κ1) is 15.8. The fourth-order valence-corrected chi connectivity index (χ4v) is 2.45. The van der Waals surface area contributed by atoms with Gasteiger partial charge < -0.3 is 15.2 Å². The summed E-state index contributed by atoms with van der Waals surface area (Å²) in [6.07, 6.45) is 2.01. The Balaban J connectivity index is 1.79. The van der Waals surface area contributed by atoms with Crippen LogP contribution in [0.3, 0.4) is 0 Å². The number of carboxylic acid groups (broad SMARTS) is 1. The lowest BCUT2D eigenvalue weighted by Crippen LogP contribution is -2.55. The van der Waals surface area contributed by atoms with Crippen LogP contribution in [0.4, 0.5) is 0 Å². The second kappa shape index (κ2) is 6.91. The molecule has 1 unspecified atom stereocenters. The van der Waals surface area contributed by atoms with Crippen molar-refractivity contribution in [1.29, 1.82) is 0 Å². The Morgan fingerprint density at radius 2 is 2.05 bits per heavy atom. The van der Waals surface area contributed by atoms with Crippen molar-refractivity contribution >= 4 is 23.5 Å². The molecule has 1 heterocycles. The van der Waals surface area contributed by atoms with Crippen LogP contribution in [0.2, 0.25) is 5.02 Å². The summed E-state index contributed by atoms with van der Waals surface area (Å²) in [5.41, 5.74) is -0.151. The van der Waals surface area contributed by atoms with E-state index in [1.807, 2.05) is 24.3 Å². The van der Waals surface area contributed by atoms with E-state index in [-0.39, 0.29) is 18.9 Å². The van der Waals surface area contributed by atoms with Gasteiger partial charge in [-0.3, -0.25) is 4.79 Å². The molecule has 1 atom stereocenters. The maximum absolute atomic E-state index is 11.9. The van der Waals surface area contributed by atoms with Gasteiger partial charge in [0.05, 0.1) is 6.61 Å². The number of carboxylic acids is 1. The van der Waals surface area contributed by atoms with Crippen molar-refractivity contribution in [1.82, 2.24) is 5.32 Å². The molecule has 21 heavy (non-hydrogen) atoms. The first-order valence-corrected chi connectivity index (χ1v) is 7.26. The topological polar surface area (TPSA) is 75.6 Å². The highest BCUT2D eigenvalue weighted by molar-refractivity contribution is 6.30. The predicted octanol–water partition coefficient (Wildman–Crippen LogP) is 2.02. The summed E-state index contributed by atoms with van der Waals surface area (Å²) >= 11 is 5.80. The number of benzene rings is 1. The number of nitrogens with one attached hydrogen (secondary N) is 1. The first-order valence-electron chi connectivity index (χ1n) is 6.88. The minimum absolute atomic E-state index is 0.0330. The van der Waals surface area contributed by atoms with E-state index in [4.69, 9.17) is 16.3 Å². The summed E-state index contributed by atoms with van der Waals surface area (Å²) < 4.78 is 5.10. The maximum Gasteiger partial charge on any atom is 0.331 e. The summed E-state index contributed by atoms with van der Waals surface area (Å²) in [6.45, 7) is 0.391. The summed E-state index contributed by atoms with van der Waals surface area (Å²) in [4.78, 5) is 23.2. The van der Waals surface area contributed by atoms with Gasteiger partial charge in [0.25, 0.3) is 0 Å².